The second-order valence-electron chi connectivity index (χ2n) is 4.83. The standard InChI is InChI=1S/C17H22N2S.ClH/c1-20-17-9-7-16(8-10-17)14-19(12-11-18)13-15-5-3-2-4-6-15;/h2-10H,11-14,18H2,1H3;1H. The summed E-state index contributed by atoms with van der Waals surface area (Å²) in [6.07, 6.45) is 2.10. The summed E-state index contributed by atoms with van der Waals surface area (Å²) in [7, 11) is 0. The van der Waals surface area contributed by atoms with Gasteiger partial charge in [0.15, 0.2) is 0 Å². The van der Waals surface area contributed by atoms with E-state index in [1.54, 1.807) is 11.8 Å². The minimum Gasteiger partial charge on any atom is -0.329 e. The molecule has 0 aliphatic heterocycles. The molecule has 0 atom stereocenters. The highest BCUT2D eigenvalue weighted by Gasteiger charge is 2.06. The summed E-state index contributed by atoms with van der Waals surface area (Å²) in [5.74, 6) is 0. The molecule has 2 N–H and O–H groups in total. The molecule has 0 radical (unpaired) electrons. The van der Waals surface area contributed by atoms with Gasteiger partial charge < -0.3 is 5.73 Å². The van der Waals surface area contributed by atoms with Gasteiger partial charge in [-0.15, -0.1) is 24.2 Å². The van der Waals surface area contributed by atoms with Crippen molar-refractivity contribution in [3.8, 4) is 0 Å². The van der Waals surface area contributed by atoms with E-state index >= 15 is 0 Å². The molecule has 0 heterocycles. The van der Waals surface area contributed by atoms with Gasteiger partial charge in [0.05, 0.1) is 0 Å². The van der Waals surface area contributed by atoms with Gasteiger partial charge in [0.1, 0.15) is 0 Å². The van der Waals surface area contributed by atoms with Crippen molar-refractivity contribution in [3.63, 3.8) is 0 Å². The van der Waals surface area contributed by atoms with Gasteiger partial charge in [0.25, 0.3) is 0 Å². The molecule has 2 aromatic rings. The van der Waals surface area contributed by atoms with Crippen LogP contribution in [0.15, 0.2) is 59.5 Å². The number of nitrogens with two attached hydrogens (primary N) is 1. The van der Waals surface area contributed by atoms with Crippen LogP contribution in [0, 0.1) is 0 Å². The molecule has 0 unspecified atom stereocenters. The van der Waals surface area contributed by atoms with Crippen LogP contribution >= 0.6 is 24.2 Å². The van der Waals surface area contributed by atoms with E-state index in [4.69, 9.17) is 5.73 Å². The second-order valence-corrected chi connectivity index (χ2v) is 5.71. The van der Waals surface area contributed by atoms with Gasteiger partial charge in [-0.1, -0.05) is 42.5 Å². The van der Waals surface area contributed by atoms with Crippen LogP contribution in [0.3, 0.4) is 0 Å². The van der Waals surface area contributed by atoms with Crippen LogP contribution in [-0.2, 0) is 13.1 Å². The Morgan fingerprint density at radius 2 is 1.48 bits per heavy atom. The topological polar surface area (TPSA) is 29.3 Å². The first-order valence-electron chi connectivity index (χ1n) is 6.91. The van der Waals surface area contributed by atoms with Crippen molar-refractivity contribution in [3.05, 3.63) is 65.7 Å². The maximum atomic E-state index is 5.74. The lowest BCUT2D eigenvalue weighted by molar-refractivity contribution is 0.264. The molecule has 0 spiro atoms. The molecule has 0 fully saturated rings. The highest BCUT2D eigenvalue weighted by Crippen LogP contribution is 2.16. The molecular weight excluding hydrogens is 300 g/mol. The Morgan fingerprint density at radius 1 is 0.905 bits per heavy atom. The molecule has 0 saturated heterocycles. The minimum atomic E-state index is 0. The number of benzene rings is 2. The Balaban J connectivity index is 0.00000220. The van der Waals surface area contributed by atoms with Crippen molar-refractivity contribution < 1.29 is 0 Å². The molecule has 0 aliphatic rings. The maximum Gasteiger partial charge on any atom is 0.0237 e. The summed E-state index contributed by atoms with van der Waals surface area (Å²) >= 11 is 1.78. The van der Waals surface area contributed by atoms with Gasteiger partial charge in [-0.2, -0.15) is 0 Å². The fourth-order valence-corrected chi connectivity index (χ4v) is 2.64. The lowest BCUT2D eigenvalue weighted by atomic mass is 10.1. The number of rotatable bonds is 7. The van der Waals surface area contributed by atoms with E-state index in [9.17, 15) is 0 Å². The maximum absolute atomic E-state index is 5.74. The lowest BCUT2D eigenvalue weighted by Gasteiger charge is -2.22. The summed E-state index contributed by atoms with van der Waals surface area (Å²) in [5, 5.41) is 0. The van der Waals surface area contributed by atoms with Crippen molar-refractivity contribution in [1.82, 2.24) is 4.90 Å². The van der Waals surface area contributed by atoms with Crippen molar-refractivity contribution in [2.45, 2.75) is 18.0 Å². The lowest BCUT2D eigenvalue weighted by Crippen LogP contribution is -2.28. The molecular formula is C17H23ClN2S. The highest BCUT2D eigenvalue weighted by atomic mass is 35.5. The molecule has 2 nitrogen and oxygen atoms in total. The molecule has 0 aliphatic carbocycles. The minimum absolute atomic E-state index is 0. The molecule has 2 rings (SSSR count). The van der Waals surface area contributed by atoms with Gasteiger partial charge in [0.2, 0.25) is 0 Å². The van der Waals surface area contributed by atoms with E-state index in [1.165, 1.54) is 16.0 Å². The average molecular weight is 323 g/mol. The third kappa shape index (κ3) is 6.10. The molecule has 0 amide bonds. The first-order valence-corrected chi connectivity index (χ1v) is 8.13. The summed E-state index contributed by atoms with van der Waals surface area (Å²) in [4.78, 5) is 3.70. The summed E-state index contributed by atoms with van der Waals surface area (Å²) < 4.78 is 0. The predicted octanol–water partition coefficient (Wildman–Crippen LogP) is 3.79. The van der Waals surface area contributed by atoms with Crippen LogP contribution in [0.25, 0.3) is 0 Å². The van der Waals surface area contributed by atoms with E-state index in [0.29, 0.717) is 6.54 Å². The largest absolute Gasteiger partial charge is 0.329 e. The Hall–Kier alpha value is -1.00. The quantitative estimate of drug-likeness (QED) is 0.786. The van der Waals surface area contributed by atoms with Crippen molar-refractivity contribution in [2.75, 3.05) is 19.3 Å². The zero-order valence-electron chi connectivity index (χ0n) is 12.4. The van der Waals surface area contributed by atoms with Crippen molar-refractivity contribution in [1.29, 1.82) is 0 Å². The first kappa shape index (κ1) is 18.1. The number of halogens is 1. The molecule has 2 aromatic carbocycles. The van der Waals surface area contributed by atoms with E-state index in [1.807, 2.05) is 0 Å². The van der Waals surface area contributed by atoms with Gasteiger partial charge in [-0.3, -0.25) is 4.90 Å². The van der Waals surface area contributed by atoms with Crippen LogP contribution in [0.2, 0.25) is 0 Å². The van der Waals surface area contributed by atoms with Gasteiger partial charge in [-0.05, 0) is 29.5 Å². The van der Waals surface area contributed by atoms with Crippen LogP contribution in [-0.4, -0.2) is 24.2 Å². The van der Waals surface area contributed by atoms with Crippen LogP contribution in [0.5, 0.6) is 0 Å². The van der Waals surface area contributed by atoms with E-state index < -0.39 is 0 Å². The summed E-state index contributed by atoms with van der Waals surface area (Å²) in [6.45, 7) is 3.50. The number of thioether (sulfide) groups is 1. The summed E-state index contributed by atoms with van der Waals surface area (Å²) in [5.41, 5.74) is 8.41. The molecule has 0 aromatic heterocycles. The van der Waals surface area contributed by atoms with E-state index in [0.717, 1.165) is 19.6 Å². The second kappa shape index (κ2) is 9.85. The highest BCUT2D eigenvalue weighted by molar-refractivity contribution is 7.98. The Kier molecular flexibility index (Phi) is 8.47. The predicted molar refractivity (Wildman–Crippen MR) is 95.1 cm³/mol. The molecule has 21 heavy (non-hydrogen) atoms. The zero-order valence-corrected chi connectivity index (χ0v) is 14.0. The van der Waals surface area contributed by atoms with E-state index in [2.05, 4.69) is 65.8 Å². The zero-order chi connectivity index (χ0) is 14.2. The smallest absolute Gasteiger partial charge is 0.0237 e. The Labute approximate surface area is 138 Å². The third-order valence-electron chi connectivity index (χ3n) is 3.26. The van der Waals surface area contributed by atoms with Crippen LogP contribution in [0.1, 0.15) is 11.1 Å². The average Bonchev–Trinajstić information content (AvgIpc) is 2.49. The van der Waals surface area contributed by atoms with Crippen molar-refractivity contribution >= 4 is 24.2 Å². The fraction of sp³-hybridized carbons (Fsp3) is 0.294. The van der Waals surface area contributed by atoms with Crippen LogP contribution < -0.4 is 5.73 Å². The fourth-order valence-electron chi connectivity index (χ4n) is 2.23. The van der Waals surface area contributed by atoms with Gasteiger partial charge in [-0.25, -0.2) is 0 Å². The summed E-state index contributed by atoms with van der Waals surface area (Å²) in [6, 6.07) is 19.3. The number of nitrogens with zero attached hydrogens (tertiary/aromatic N) is 1. The Bertz CT molecular complexity index is 502. The molecule has 114 valence electrons. The number of hydrogen-bond acceptors (Lipinski definition) is 3. The first-order chi connectivity index (χ1) is 9.81. The Morgan fingerprint density at radius 3 is 2.00 bits per heavy atom. The third-order valence-corrected chi connectivity index (χ3v) is 4.00. The van der Waals surface area contributed by atoms with Gasteiger partial charge >= 0.3 is 0 Å². The van der Waals surface area contributed by atoms with Crippen LogP contribution in [0.4, 0.5) is 0 Å². The van der Waals surface area contributed by atoms with Crippen molar-refractivity contribution in [2.24, 2.45) is 5.73 Å². The SMILES string of the molecule is CSc1ccc(CN(CCN)Cc2ccccc2)cc1.Cl. The van der Waals surface area contributed by atoms with E-state index in [-0.39, 0.29) is 12.4 Å². The molecule has 4 heteroatoms. The molecule has 0 saturated carbocycles. The monoisotopic (exact) mass is 322 g/mol. The normalized spacial score (nSPS) is 10.4. The number of hydrogen-bond donors (Lipinski definition) is 1. The van der Waals surface area contributed by atoms with Gasteiger partial charge in [0, 0.05) is 31.1 Å². The molecule has 0 bridgehead atoms.